The molecule has 0 bridgehead atoms. The average molecular weight is 281 g/mol. The number of halogens is 1. The minimum absolute atomic E-state index is 0.0467. The van der Waals surface area contributed by atoms with Gasteiger partial charge in [-0.05, 0) is 19.1 Å². The van der Waals surface area contributed by atoms with Gasteiger partial charge in [0.2, 0.25) is 0 Å². The molecule has 92 valence electrons. The number of aldehydes is 1. The van der Waals surface area contributed by atoms with Crippen molar-refractivity contribution in [3.05, 3.63) is 34.1 Å². The second kappa shape index (κ2) is 5.37. The predicted octanol–water partition coefficient (Wildman–Crippen LogP) is 2.80. The third kappa shape index (κ3) is 2.80. The number of nitrogens with zero attached hydrogens (tertiary/aromatic N) is 2. The maximum Gasteiger partial charge on any atom is 0.163 e. The second-order valence-electron chi connectivity index (χ2n) is 3.71. The van der Waals surface area contributed by atoms with Gasteiger partial charge in [0, 0.05) is 23.9 Å². The van der Waals surface area contributed by atoms with Crippen LogP contribution in [0.2, 0.25) is 5.15 Å². The molecule has 6 heteroatoms. The molecule has 4 nitrogen and oxygen atoms in total. The van der Waals surface area contributed by atoms with Gasteiger partial charge >= 0.3 is 0 Å². The van der Waals surface area contributed by atoms with Crippen molar-refractivity contribution in [2.24, 2.45) is 0 Å². The predicted molar refractivity (Wildman–Crippen MR) is 70.1 cm³/mol. The van der Waals surface area contributed by atoms with Crippen molar-refractivity contribution in [1.82, 2.24) is 9.97 Å². The molecule has 2 rings (SSSR count). The van der Waals surface area contributed by atoms with Gasteiger partial charge in [0.1, 0.15) is 15.7 Å². The molecule has 2 aromatic rings. The molecule has 0 N–H and O–H groups in total. The topological polar surface area (TPSA) is 59.9 Å². The van der Waals surface area contributed by atoms with Crippen LogP contribution in [-0.4, -0.2) is 22.0 Å². The zero-order valence-electron chi connectivity index (χ0n) is 9.51. The molecule has 2 heterocycles. The van der Waals surface area contributed by atoms with Crippen molar-refractivity contribution in [1.29, 1.82) is 0 Å². The first kappa shape index (κ1) is 12.9. The van der Waals surface area contributed by atoms with E-state index >= 15 is 0 Å². The zero-order chi connectivity index (χ0) is 13.1. The smallest absolute Gasteiger partial charge is 0.163 e. The van der Waals surface area contributed by atoms with Gasteiger partial charge in [0.15, 0.2) is 11.4 Å². The fraction of sp³-hybridized carbons (Fsp3) is 0.167. The van der Waals surface area contributed by atoms with Gasteiger partial charge in [-0.25, -0.2) is 4.98 Å². The molecule has 0 spiro atoms. The molecule has 0 amide bonds. The molecule has 0 aliphatic carbocycles. The monoisotopic (exact) mass is 280 g/mol. The van der Waals surface area contributed by atoms with Crippen LogP contribution in [0.1, 0.15) is 22.3 Å². The fourth-order valence-electron chi connectivity index (χ4n) is 1.47. The SMILES string of the molecule is CC(=O)Cc1cc(-c2nc(Cl)c(C=O)s2)ccn1. The van der Waals surface area contributed by atoms with Crippen molar-refractivity contribution in [2.45, 2.75) is 13.3 Å². The molecule has 0 aromatic carbocycles. The lowest BCUT2D eigenvalue weighted by Crippen LogP contribution is -1.98. The van der Waals surface area contributed by atoms with Crippen molar-refractivity contribution in [3.8, 4) is 10.6 Å². The Morgan fingerprint density at radius 3 is 2.94 bits per heavy atom. The molecular weight excluding hydrogens is 272 g/mol. The standard InChI is InChI=1S/C12H9ClN2O2S/c1-7(17)4-9-5-8(2-3-14-9)12-15-11(13)10(6-16)18-12/h2-3,5-6H,4H2,1H3. The Morgan fingerprint density at radius 1 is 1.56 bits per heavy atom. The van der Waals surface area contributed by atoms with Crippen LogP contribution in [0.15, 0.2) is 18.3 Å². The summed E-state index contributed by atoms with van der Waals surface area (Å²) in [5.41, 5.74) is 1.49. The van der Waals surface area contributed by atoms with Crippen molar-refractivity contribution < 1.29 is 9.59 Å². The summed E-state index contributed by atoms with van der Waals surface area (Å²) < 4.78 is 0. The lowest BCUT2D eigenvalue weighted by Gasteiger charge is -1.99. The van der Waals surface area contributed by atoms with Crippen LogP contribution >= 0.6 is 22.9 Å². The van der Waals surface area contributed by atoms with E-state index in [2.05, 4.69) is 9.97 Å². The van der Waals surface area contributed by atoms with Crippen LogP contribution in [0, 0.1) is 0 Å². The minimum Gasteiger partial charge on any atom is -0.300 e. The van der Waals surface area contributed by atoms with Gasteiger partial charge < -0.3 is 0 Å². The third-order valence-corrected chi connectivity index (χ3v) is 3.64. The first-order valence-electron chi connectivity index (χ1n) is 5.16. The van der Waals surface area contributed by atoms with E-state index < -0.39 is 0 Å². The number of carbonyl (C=O) groups is 2. The van der Waals surface area contributed by atoms with Crippen LogP contribution in [0.4, 0.5) is 0 Å². The maximum atomic E-state index is 11.0. The molecule has 0 atom stereocenters. The van der Waals surface area contributed by atoms with Crippen LogP contribution < -0.4 is 0 Å². The van der Waals surface area contributed by atoms with E-state index in [1.165, 1.54) is 18.3 Å². The first-order chi connectivity index (χ1) is 8.60. The molecule has 18 heavy (non-hydrogen) atoms. The molecule has 0 saturated heterocycles. The molecule has 0 aliphatic rings. The number of Topliss-reactive ketones (excluding diaryl/α,β-unsaturated/α-hetero) is 1. The Labute approximate surface area is 113 Å². The quantitative estimate of drug-likeness (QED) is 0.808. The van der Waals surface area contributed by atoms with Gasteiger partial charge in [0.05, 0.1) is 0 Å². The molecular formula is C12H9ClN2O2S. The first-order valence-corrected chi connectivity index (χ1v) is 6.36. The molecule has 0 saturated carbocycles. The number of hydrogen-bond donors (Lipinski definition) is 0. The van der Waals surface area contributed by atoms with Gasteiger partial charge in [-0.3, -0.25) is 14.6 Å². The molecule has 0 fully saturated rings. The summed E-state index contributed by atoms with van der Waals surface area (Å²) in [7, 11) is 0. The number of thiazole rings is 1. The summed E-state index contributed by atoms with van der Waals surface area (Å²) in [6.45, 7) is 1.51. The summed E-state index contributed by atoms with van der Waals surface area (Å²) in [6.07, 6.45) is 2.58. The molecule has 2 aromatic heterocycles. The van der Waals surface area contributed by atoms with E-state index in [-0.39, 0.29) is 17.4 Å². The number of ketones is 1. The lowest BCUT2D eigenvalue weighted by atomic mass is 10.1. The zero-order valence-corrected chi connectivity index (χ0v) is 11.1. The highest BCUT2D eigenvalue weighted by atomic mass is 35.5. The van der Waals surface area contributed by atoms with Gasteiger partial charge in [-0.1, -0.05) is 11.6 Å². The average Bonchev–Trinajstić information content (AvgIpc) is 2.70. The van der Waals surface area contributed by atoms with Crippen LogP contribution in [0.3, 0.4) is 0 Å². The largest absolute Gasteiger partial charge is 0.300 e. The number of rotatable bonds is 4. The van der Waals surface area contributed by atoms with E-state index in [0.717, 1.165) is 5.56 Å². The van der Waals surface area contributed by atoms with E-state index in [9.17, 15) is 9.59 Å². The highest BCUT2D eigenvalue weighted by molar-refractivity contribution is 7.17. The second-order valence-corrected chi connectivity index (χ2v) is 5.10. The Hall–Kier alpha value is -1.59. The van der Waals surface area contributed by atoms with Crippen molar-refractivity contribution in [2.75, 3.05) is 0 Å². The maximum absolute atomic E-state index is 11.0. The highest BCUT2D eigenvalue weighted by Gasteiger charge is 2.11. The summed E-state index contributed by atoms with van der Waals surface area (Å²) in [5, 5.41) is 0.851. The van der Waals surface area contributed by atoms with E-state index in [1.807, 2.05) is 0 Å². The third-order valence-electron chi connectivity index (χ3n) is 2.21. The summed E-state index contributed by atoms with van der Waals surface area (Å²) in [6, 6.07) is 3.55. The van der Waals surface area contributed by atoms with E-state index in [4.69, 9.17) is 11.6 Å². The summed E-state index contributed by atoms with van der Waals surface area (Å²) in [4.78, 5) is 30.4. The Morgan fingerprint density at radius 2 is 2.33 bits per heavy atom. The Bertz CT molecular complexity index is 610. The van der Waals surface area contributed by atoms with Gasteiger partial charge in [-0.2, -0.15) is 0 Å². The Kier molecular flexibility index (Phi) is 3.84. The van der Waals surface area contributed by atoms with E-state index in [1.54, 1.807) is 18.3 Å². The summed E-state index contributed by atoms with van der Waals surface area (Å²) >= 11 is 7.03. The minimum atomic E-state index is 0.0467. The highest BCUT2D eigenvalue weighted by Crippen LogP contribution is 2.29. The number of pyridine rings is 1. The molecule has 0 aliphatic heterocycles. The number of hydrogen-bond acceptors (Lipinski definition) is 5. The normalized spacial score (nSPS) is 10.3. The Balaban J connectivity index is 2.37. The van der Waals surface area contributed by atoms with Crippen LogP contribution in [0.25, 0.3) is 10.6 Å². The summed E-state index contributed by atoms with van der Waals surface area (Å²) in [5.74, 6) is 0.0467. The van der Waals surface area contributed by atoms with Crippen molar-refractivity contribution in [3.63, 3.8) is 0 Å². The molecule has 0 unspecified atom stereocenters. The van der Waals surface area contributed by atoms with Crippen LogP contribution in [-0.2, 0) is 11.2 Å². The van der Waals surface area contributed by atoms with E-state index in [0.29, 0.717) is 21.9 Å². The lowest BCUT2D eigenvalue weighted by molar-refractivity contribution is -0.116. The van der Waals surface area contributed by atoms with Gasteiger partial charge in [-0.15, -0.1) is 11.3 Å². The number of aromatic nitrogens is 2. The van der Waals surface area contributed by atoms with Crippen LogP contribution in [0.5, 0.6) is 0 Å². The van der Waals surface area contributed by atoms with Crippen molar-refractivity contribution >= 4 is 35.0 Å². The van der Waals surface area contributed by atoms with Gasteiger partial charge in [0.25, 0.3) is 0 Å². The number of carbonyl (C=O) groups excluding carboxylic acids is 2. The molecule has 0 radical (unpaired) electrons. The fourth-order valence-corrected chi connectivity index (χ4v) is 2.54.